The van der Waals surface area contributed by atoms with E-state index in [4.69, 9.17) is 15.2 Å². The van der Waals surface area contributed by atoms with Crippen LogP contribution in [-0.2, 0) is 11.2 Å². The standard InChI is InChI=1S/C18H19NO3/c1-11-8-14(19)10-15(18(20)21-2)17(11)13-5-6-16-12(9-13)4-3-7-22-16/h5-6,8-10H,3-4,7,19H2,1-2H3. The molecule has 0 unspecified atom stereocenters. The minimum absolute atomic E-state index is 0.376. The summed E-state index contributed by atoms with van der Waals surface area (Å²) < 4.78 is 10.6. The lowest BCUT2D eigenvalue weighted by Gasteiger charge is -2.19. The molecule has 0 fully saturated rings. The van der Waals surface area contributed by atoms with Crippen molar-refractivity contribution in [1.29, 1.82) is 0 Å². The van der Waals surface area contributed by atoms with Gasteiger partial charge in [0.2, 0.25) is 0 Å². The molecule has 1 aliphatic heterocycles. The number of anilines is 1. The van der Waals surface area contributed by atoms with E-state index in [1.54, 1.807) is 6.07 Å². The summed E-state index contributed by atoms with van der Waals surface area (Å²) >= 11 is 0. The highest BCUT2D eigenvalue weighted by atomic mass is 16.5. The first-order chi connectivity index (χ1) is 10.6. The van der Waals surface area contributed by atoms with Crippen molar-refractivity contribution in [1.82, 2.24) is 0 Å². The van der Waals surface area contributed by atoms with Crippen LogP contribution in [0.15, 0.2) is 30.3 Å². The van der Waals surface area contributed by atoms with Crippen LogP contribution in [-0.4, -0.2) is 19.7 Å². The fourth-order valence-corrected chi connectivity index (χ4v) is 2.99. The number of nitrogen functional groups attached to an aromatic ring is 1. The molecule has 3 rings (SSSR count). The number of esters is 1. The summed E-state index contributed by atoms with van der Waals surface area (Å²) in [5, 5.41) is 0. The zero-order valence-corrected chi connectivity index (χ0v) is 12.8. The fraction of sp³-hybridized carbons (Fsp3) is 0.278. The topological polar surface area (TPSA) is 61.5 Å². The lowest BCUT2D eigenvalue weighted by Crippen LogP contribution is -2.09. The Kier molecular flexibility index (Phi) is 3.75. The van der Waals surface area contributed by atoms with Crippen LogP contribution in [0.3, 0.4) is 0 Å². The molecule has 0 atom stereocenters. The van der Waals surface area contributed by atoms with Crippen LogP contribution in [0.1, 0.15) is 27.9 Å². The summed E-state index contributed by atoms with van der Waals surface area (Å²) in [6.07, 6.45) is 2.01. The molecule has 0 amide bonds. The highest BCUT2D eigenvalue weighted by Gasteiger charge is 2.18. The van der Waals surface area contributed by atoms with E-state index in [9.17, 15) is 4.79 Å². The maximum Gasteiger partial charge on any atom is 0.338 e. The van der Waals surface area contributed by atoms with Crippen LogP contribution < -0.4 is 10.5 Å². The van der Waals surface area contributed by atoms with Crippen LogP contribution in [0.4, 0.5) is 5.69 Å². The molecular weight excluding hydrogens is 278 g/mol. The predicted molar refractivity (Wildman–Crippen MR) is 86.2 cm³/mol. The largest absolute Gasteiger partial charge is 0.493 e. The van der Waals surface area contributed by atoms with Gasteiger partial charge in [-0.05, 0) is 66.3 Å². The Balaban J connectivity index is 2.17. The molecule has 0 bridgehead atoms. The quantitative estimate of drug-likeness (QED) is 0.682. The lowest BCUT2D eigenvalue weighted by molar-refractivity contribution is 0.0601. The number of aryl methyl sites for hydroxylation is 2. The van der Waals surface area contributed by atoms with E-state index in [-0.39, 0.29) is 5.97 Å². The number of ether oxygens (including phenoxy) is 2. The predicted octanol–water partition coefficient (Wildman–Crippen LogP) is 3.36. The summed E-state index contributed by atoms with van der Waals surface area (Å²) in [4.78, 5) is 12.1. The Labute approximate surface area is 129 Å². The Hall–Kier alpha value is -2.49. The normalized spacial score (nSPS) is 13.2. The van der Waals surface area contributed by atoms with Crippen molar-refractivity contribution in [2.75, 3.05) is 19.5 Å². The third-order valence-corrected chi connectivity index (χ3v) is 3.96. The highest BCUT2D eigenvalue weighted by molar-refractivity contribution is 5.99. The van der Waals surface area contributed by atoms with Crippen LogP contribution in [0.5, 0.6) is 5.75 Å². The van der Waals surface area contributed by atoms with Crippen molar-refractivity contribution in [3.8, 4) is 16.9 Å². The molecule has 0 aromatic heterocycles. The van der Waals surface area contributed by atoms with E-state index < -0.39 is 0 Å². The van der Waals surface area contributed by atoms with Gasteiger partial charge in [-0.2, -0.15) is 0 Å². The van der Waals surface area contributed by atoms with E-state index in [1.165, 1.54) is 12.7 Å². The molecule has 114 valence electrons. The second-order valence-electron chi connectivity index (χ2n) is 5.53. The highest BCUT2D eigenvalue weighted by Crippen LogP contribution is 2.34. The summed E-state index contributed by atoms with van der Waals surface area (Å²) in [6, 6.07) is 9.59. The monoisotopic (exact) mass is 297 g/mol. The molecule has 2 N–H and O–H groups in total. The van der Waals surface area contributed by atoms with E-state index in [0.717, 1.165) is 41.9 Å². The van der Waals surface area contributed by atoms with Crippen molar-refractivity contribution in [3.63, 3.8) is 0 Å². The van der Waals surface area contributed by atoms with Crippen molar-refractivity contribution >= 4 is 11.7 Å². The maximum absolute atomic E-state index is 12.1. The smallest absolute Gasteiger partial charge is 0.338 e. The minimum Gasteiger partial charge on any atom is -0.493 e. The number of carbonyl (C=O) groups is 1. The van der Waals surface area contributed by atoms with Gasteiger partial charge in [0.05, 0.1) is 19.3 Å². The number of methoxy groups -OCH3 is 1. The second-order valence-corrected chi connectivity index (χ2v) is 5.53. The summed E-state index contributed by atoms with van der Waals surface area (Å²) in [5.74, 6) is 0.557. The van der Waals surface area contributed by atoms with Crippen molar-refractivity contribution in [2.24, 2.45) is 0 Å². The molecule has 0 saturated carbocycles. The molecule has 1 aliphatic rings. The molecule has 4 heteroatoms. The first kappa shape index (κ1) is 14.4. The fourth-order valence-electron chi connectivity index (χ4n) is 2.99. The van der Waals surface area contributed by atoms with Gasteiger partial charge in [0, 0.05) is 5.69 Å². The van der Waals surface area contributed by atoms with Gasteiger partial charge < -0.3 is 15.2 Å². The molecule has 4 nitrogen and oxygen atoms in total. The summed E-state index contributed by atoms with van der Waals surface area (Å²) in [7, 11) is 1.38. The van der Waals surface area contributed by atoms with E-state index in [2.05, 4.69) is 6.07 Å². The van der Waals surface area contributed by atoms with Crippen molar-refractivity contribution in [3.05, 3.63) is 47.0 Å². The van der Waals surface area contributed by atoms with Crippen molar-refractivity contribution < 1.29 is 14.3 Å². The number of carbonyl (C=O) groups excluding carboxylic acids is 1. The molecule has 0 spiro atoms. The molecule has 2 aromatic carbocycles. The van der Waals surface area contributed by atoms with Gasteiger partial charge in [0.15, 0.2) is 0 Å². The first-order valence-corrected chi connectivity index (χ1v) is 7.34. The molecule has 22 heavy (non-hydrogen) atoms. The maximum atomic E-state index is 12.1. The summed E-state index contributed by atoms with van der Waals surface area (Å²) in [6.45, 7) is 2.72. The van der Waals surface area contributed by atoms with E-state index in [1.807, 2.05) is 25.1 Å². The van der Waals surface area contributed by atoms with E-state index >= 15 is 0 Å². The molecule has 0 radical (unpaired) electrons. The van der Waals surface area contributed by atoms with Crippen LogP contribution in [0.25, 0.3) is 11.1 Å². The Bertz CT molecular complexity index is 737. The number of rotatable bonds is 2. The third kappa shape index (κ3) is 2.52. The Morgan fingerprint density at radius 2 is 2.09 bits per heavy atom. The summed E-state index contributed by atoms with van der Waals surface area (Å²) in [5.41, 5.74) is 10.9. The van der Waals surface area contributed by atoms with Gasteiger partial charge >= 0.3 is 5.97 Å². The SMILES string of the molecule is COC(=O)c1cc(N)cc(C)c1-c1ccc2c(c1)CCCO2. The van der Waals surface area contributed by atoms with E-state index in [0.29, 0.717) is 11.3 Å². The average Bonchev–Trinajstić information content (AvgIpc) is 2.53. The first-order valence-electron chi connectivity index (χ1n) is 7.34. The van der Waals surface area contributed by atoms with Crippen LogP contribution >= 0.6 is 0 Å². The third-order valence-electron chi connectivity index (χ3n) is 3.96. The minimum atomic E-state index is -0.376. The Morgan fingerprint density at radius 1 is 1.27 bits per heavy atom. The van der Waals surface area contributed by atoms with Gasteiger partial charge in [-0.3, -0.25) is 0 Å². The zero-order valence-electron chi connectivity index (χ0n) is 12.8. The van der Waals surface area contributed by atoms with Gasteiger partial charge in [0.25, 0.3) is 0 Å². The van der Waals surface area contributed by atoms with Gasteiger partial charge in [-0.1, -0.05) is 6.07 Å². The number of hydrogen-bond donors (Lipinski definition) is 1. The molecule has 0 saturated heterocycles. The molecule has 0 aliphatic carbocycles. The Morgan fingerprint density at radius 3 is 2.86 bits per heavy atom. The number of benzene rings is 2. The zero-order chi connectivity index (χ0) is 15.7. The number of hydrogen-bond acceptors (Lipinski definition) is 4. The van der Waals surface area contributed by atoms with Crippen LogP contribution in [0.2, 0.25) is 0 Å². The average molecular weight is 297 g/mol. The number of nitrogens with two attached hydrogens (primary N) is 1. The molecule has 2 aromatic rings. The number of fused-ring (bicyclic) bond motifs is 1. The van der Waals surface area contributed by atoms with Gasteiger partial charge in [0.1, 0.15) is 5.75 Å². The van der Waals surface area contributed by atoms with Crippen molar-refractivity contribution in [2.45, 2.75) is 19.8 Å². The van der Waals surface area contributed by atoms with Crippen LogP contribution in [0, 0.1) is 6.92 Å². The molecular formula is C18H19NO3. The van der Waals surface area contributed by atoms with Gasteiger partial charge in [-0.25, -0.2) is 4.79 Å². The lowest BCUT2D eigenvalue weighted by atomic mass is 9.92. The van der Waals surface area contributed by atoms with Gasteiger partial charge in [-0.15, -0.1) is 0 Å². The second kappa shape index (κ2) is 5.72. The molecule has 1 heterocycles.